The number of hydrogen-bond acceptors (Lipinski definition) is 6. The van der Waals surface area contributed by atoms with Gasteiger partial charge in [-0.05, 0) is 42.4 Å². The Kier molecular flexibility index (Phi) is 5.69. The Bertz CT molecular complexity index is 1030. The minimum Gasteiger partial charge on any atom is -0.463 e. The Labute approximate surface area is 171 Å². The summed E-state index contributed by atoms with van der Waals surface area (Å²) in [5, 5.41) is 17.1. The fourth-order valence-corrected chi connectivity index (χ4v) is 3.22. The van der Waals surface area contributed by atoms with Crippen LogP contribution in [0.4, 0.5) is 5.69 Å². The van der Waals surface area contributed by atoms with Crippen LogP contribution in [0.5, 0.6) is 0 Å². The van der Waals surface area contributed by atoms with E-state index in [1.165, 1.54) is 24.3 Å². The van der Waals surface area contributed by atoms with Crippen molar-refractivity contribution < 1.29 is 19.2 Å². The van der Waals surface area contributed by atoms with Gasteiger partial charge in [-0.15, -0.1) is 0 Å². The highest BCUT2D eigenvalue weighted by atomic mass is 32.1. The molecule has 148 valence electrons. The lowest BCUT2D eigenvalue weighted by atomic mass is 9.89. The molecule has 2 aromatic rings. The summed E-state index contributed by atoms with van der Waals surface area (Å²) in [5.74, 6) is -1.86. The summed E-state index contributed by atoms with van der Waals surface area (Å²) in [6.07, 6.45) is 0. The van der Waals surface area contributed by atoms with Crippen molar-refractivity contribution in [2.45, 2.75) is 13.0 Å². The van der Waals surface area contributed by atoms with E-state index in [2.05, 4.69) is 15.4 Å². The summed E-state index contributed by atoms with van der Waals surface area (Å²) < 4.78 is 4.63. The number of rotatable bonds is 5. The maximum atomic E-state index is 12.9. The summed E-state index contributed by atoms with van der Waals surface area (Å²) in [6.45, 7) is 1.93. The van der Waals surface area contributed by atoms with Crippen LogP contribution in [0.15, 0.2) is 54.1 Å². The lowest BCUT2D eigenvalue weighted by Crippen LogP contribution is -2.46. The van der Waals surface area contributed by atoms with Gasteiger partial charge in [-0.25, -0.2) is 4.79 Å². The van der Waals surface area contributed by atoms with Gasteiger partial charge in [-0.3, -0.25) is 14.9 Å². The first-order chi connectivity index (χ1) is 13.8. The van der Waals surface area contributed by atoms with Gasteiger partial charge in [0.25, 0.3) is 11.5 Å². The van der Waals surface area contributed by atoms with E-state index in [1.807, 2.05) is 31.2 Å². The number of ether oxygens (including phenoxy) is 1. The molecule has 0 aliphatic carbocycles. The van der Waals surface area contributed by atoms with Gasteiger partial charge in [-0.1, -0.05) is 29.8 Å². The monoisotopic (exact) mass is 411 g/mol. The molecule has 0 saturated carbocycles. The molecule has 1 aliphatic rings. The first-order valence-electron chi connectivity index (χ1n) is 8.57. The average molecular weight is 411 g/mol. The van der Waals surface area contributed by atoms with Crippen LogP contribution in [0, 0.1) is 17.0 Å². The number of methoxy groups -OCH3 is 1. The Hall–Kier alpha value is -3.59. The van der Waals surface area contributed by atoms with E-state index in [0.717, 1.165) is 12.7 Å². The van der Waals surface area contributed by atoms with E-state index in [9.17, 15) is 19.7 Å². The minimum atomic E-state index is -1.02. The predicted octanol–water partition coefficient (Wildman–Crippen LogP) is 2.58. The second-order valence-electron chi connectivity index (χ2n) is 6.36. The molecule has 1 heterocycles. The Morgan fingerprint density at radius 2 is 1.72 bits per heavy atom. The molecule has 0 aromatic heterocycles. The number of thiocarbonyl (C=S) groups is 1. The molecule has 2 aromatic carbocycles. The number of carbonyl (C=O) groups excluding carboxylic acids is 2. The van der Waals surface area contributed by atoms with E-state index >= 15 is 0 Å². The highest BCUT2D eigenvalue weighted by Gasteiger charge is 2.35. The van der Waals surface area contributed by atoms with Crippen LogP contribution in [-0.2, 0) is 14.3 Å². The van der Waals surface area contributed by atoms with Crippen molar-refractivity contribution >= 4 is 40.5 Å². The normalized spacial score (nSPS) is 15.9. The molecule has 29 heavy (non-hydrogen) atoms. The third-order valence-corrected chi connectivity index (χ3v) is 4.68. The molecular weight excluding hydrogens is 394 g/mol. The largest absolute Gasteiger partial charge is 0.463 e. The number of nitro benzene ring substituents is 1. The Morgan fingerprint density at radius 3 is 2.28 bits per heavy atom. The van der Waals surface area contributed by atoms with Crippen LogP contribution in [0.25, 0.3) is 5.70 Å². The number of carbonyl (C=O) groups is 2. The number of nitrogens with one attached hydrogen (secondary N) is 2. The van der Waals surface area contributed by atoms with Crippen molar-refractivity contribution in [3.8, 4) is 0 Å². The lowest BCUT2D eigenvalue weighted by molar-refractivity contribution is -0.384. The van der Waals surface area contributed by atoms with Crippen molar-refractivity contribution in [1.29, 1.82) is 0 Å². The van der Waals surface area contributed by atoms with Gasteiger partial charge in [0.05, 0.1) is 29.3 Å². The summed E-state index contributed by atoms with van der Waals surface area (Å²) in [6, 6.07) is 12.3. The first-order valence-corrected chi connectivity index (χ1v) is 8.98. The molecule has 8 nitrogen and oxygen atoms in total. The van der Waals surface area contributed by atoms with Crippen LogP contribution >= 0.6 is 12.2 Å². The molecule has 0 bridgehead atoms. The van der Waals surface area contributed by atoms with E-state index in [-0.39, 0.29) is 16.4 Å². The molecule has 9 heteroatoms. The highest BCUT2D eigenvalue weighted by Crippen LogP contribution is 2.32. The molecule has 3 rings (SSSR count). The van der Waals surface area contributed by atoms with Gasteiger partial charge >= 0.3 is 5.97 Å². The fourth-order valence-electron chi connectivity index (χ4n) is 3.00. The second-order valence-corrected chi connectivity index (χ2v) is 6.76. The van der Waals surface area contributed by atoms with Crippen molar-refractivity contribution in [3.63, 3.8) is 0 Å². The summed E-state index contributed by atoms with van der Waals surface area (Å²) in [4.78, 5) is 35.4. The van der Waals surface area contributed by atoms with E-state index in [1.54, 1.807) is 0 Å². The number of aryl methyl sites for hydroxylation is 1. The average Bonchev–Trinajstić information content (AvgIpc) is 2.72. The number of ketones is 1. The first kappa shape index (κ1) is 20.2. The molecule has 2 N–H and O–H groups in total. The molecular formula is C20H17N3O5S. The zero-order valence-corrected chi connectivity index (χ0v) is 16.4. The third kappa shape index (κ3) is 4.14. The standard InChI is InChI=1S/C20H17N3O5S/c1-11-3-5-12(6-4-11)16-15(18(24)19(25)28-2)17(22-20(29)21-16)13-7-9-14(10-8-13)23(26)27/h3-10,17H,1-2H3,(H2,21,22,29)/t17-/m0/s1. The van der Waals surface area contributed by atoms with Crippen molar-refractivity contribution in [1.82, 2.24) is 10.6 Å². The smallest absolute Gasteiger partial charge is 0.379 e. The molecule has 1 aliphatic heterocycles. The Morgan fingerprint density at radius 1 is 1.10 bits per heavy atom. The number of nitrogens with zero attached hydrogens (tertiary/aromatic N) is 1. The van der Waals surface area contributed by atoms with E-state index in [4.69, 9.17) is 12.2 Å². The molecule has 0 radical (unpaired) electrons. The summed E-state index contributed by atoms with van der Waals surface area (Å²) in [5.41, 5.74) is 2.64. The molecule has 0 unspecified atom stereocenters. The van der Waals surface area contributed by atoms with Gasteiger partial charge < -0.3 is 15.4 Å². The third-order valence-electron chi connectivity index (χ3n) is 4.46. The van der Waals surface area contributed by atoms with E-state index < -0.39 is 22.7 Å². The quantitative estimate of drug-likeness (QED) is 0.254. The molecule has 0 saturated heterocycles. The molecule has 0 amide bonds. The maximum absolute atomic E-state index is 12.9. The van der Waals surface area contributed by atoms with Crippen molar-refractivity contribution in [2.75, 3.05) is 7.11 Å². The van der Waals surface area contributed by atoms with Crippen molar-refractivity contribution in [3.05, 3.63) is 80.9 Å². The lowest BCUT2D eigenvalue weighted by Gasteiger charge is -2.31. The zero-order valence-electron chi connectivity index (χ0n) is 15.6. The highest BCUT2D eigenvalue weighted by molar-refractivity contribution is 7.80. The van der Waals surface area contributed by atoms with Crippen LogP contribution in [0.2, 0.25) is 0 Å². The van der Waals surface area contributed by atoms with Gasteiger partial charge in [0.15, 0.2) is 5.11 Å². The number of benzene rings is 2. The number of nitro groups is 1. The molecule has 0 spiro atoms. The Balaban J connectivity index is 2.18. The number of Topliss-reactive ketones (excluding diaryl/α,β-unsaturated/α-hetero) is 1. The van der Waals surface area contributed by atoms with Crippen LogP contribution in [0.1, 0.15) is 22.7 Å². The number of hydrogen-bond donors (Lipinski definition) is 2. The fraction of sp³-hybridized carbons (Fsp3) is 0.150. The van der Waals surface area contributed by atoms with Crippen LogP contribution < -0.4 is 10.6 Å². The van der Waals surface area contributed by atoms with Gasteiger partial charge in [0.2, 0.25) is 0 Å². The number of non-ortho nitro benzene ring substituents is 1. The van der Waals surface area contributed by atoms with Crippen LogP contribution in [0.3, 0.4) is 0 Å². The summed E-state index contributed by atoms with van der Waals surface area (Å²) >= 11 is 5.29. The van der Waals surface area contributed by atoms with Crippen LogP contribution in [-0.4, -0.2) is 28.9 Å². The van der Waals surface area contributed by atoms with Crippen molar-refractivity contribution in [2.24, 2.45) is 0 Å². The van der Waals surface area contributed by atoms with Gasteiger partial charge in [0.1, 0.15) is 0 Å². The van der Waals surface area contributed by atoms with Gasteiger partial charge in [-0.2, -0.15) is 0 Å². The number of esters is 1. The second kappa shape index (κ2) is 8.19. The molecule has 0 fully saturated rings. The van der Waals surface area contributed by atoms with E-state index in [0.29, 0.717) is 16.8 Å². The summed E-state index contributed by atoms with van der Waals surface area (Å²) in [7, 11) is 1.13. The predicted molar refractivity (Wildman–Crippen MR) is 110 cm³/mol. The minimum absolute atomic E-state index is 0.0890. The maximum Gasteiger partial charge on any atom is 0.379 e. The van der Waals surface area contributed by atoms with Gasteiger partial charge in [0, 0.05) is 12.1 Å². The topological polar surface area (TPSA) is 111 Å². The molecule has 1 atom stereocenters. The zero-order chi connectivity index (χ0) is 21.1. The SMILES string of the molecule is COC(=O)C(=O)C1=C(c2ccc(C)cc2)NC(=S)N[C@H]1c1ccc([N+](=O)[O-])cc1.